The Labute approximate surface area is 196 Å². The van der Waals surface area contributed by atoms with E-state index in [0.29, 0.717) is 0 Å². The van der Waals surface area contributed by atoms with Crippen LogP contribution in [0.3, 0.4) is 0 Å². The Balaban J connectivity index is -0.000000400. The maximum atomic E-state index is 2.61. The molecule has 0 aromatic carbocycles. The van der Waals surface area contributed by atoms with Crippen LogP contribution in [0, 0.1) is 0 Å². The Hall–Kier alpha value is 2.21. The Kier molecular flexibility index (Phi) is 28.1. The molecule has 24 heavy (non-hydrogen) atoms. The first-order chi connectivity index (χ1) is 9.36. The Morgan fingerprint density at radius 2 is 1.12 bits per heavy atom. The Morgan fingerprint density at radius 3 is 1.42 bits per heavy atom. The van der Waals surface area contributed by atoms with Gasteiger partial charge in [0.15, 0.2) is 0 Å². The molecule has 0 amide bonds. The zero-order valence-corrected chi connectivity index (χ0v) is 21.6. The summed E-state index contributed by atoms with van der Waals surface area (Å²) in [6.45, 7) is 4.73. The van der Waals surface area contributed by atoms with E-state index in [9.17, 15) is 0 Å². The van der Waals surface area contributed by atoms with Crippen LogP contribution < -0.4 is 49.6 Å². The number of allylic oxidation sites excluding steroid dienone is 2. The van der Waals surface area contributed by atoms with Gasteiger partial charge in [0, 0.05) is 0 Å². The number of hydrogen-bond donors (Lipinski definition) is 0. The minimum atomic E-state index is 0. The van der Waals surface area contributed by atoms with Crippen molar-refractivity contribution in [2.75, 3.05) is 0 Å². The molecule has 2 aliphatic rings. The second-order valence-electron chi connectivity index (χ2n) is 6.45. The molecule has 0 nitrogen and oxygen atoms in total. The standard InChI is InChI=1S/C18H33P.4ClH.Zr/c1-3-11-16(4-2)19(17-12-7-5-8-13-17)18-14-9-6-10-15-18;;;;;/h11,17-18H,3-10,12-15H2,1-2H3;4*1H;/q;;;;;+4/p-4. The fourth-order valence-electron chi connectivity index (χ4n) is 4.15. The van der Waals surface area contributed by atoms with E-state index >= 15 is 0 Å². The molecule has 0 bridgehead atoms. The van der Waals surface area contributed by atoms with Gasteiger partial charge >= 0.3 is 26.2 Å². The molecule has 2 aliphatic carbocycles. The van der Waals surface area contributed by atoms with Crippen molar-refractivity contribution in [1.29, 1.82) is 0 Å². The summed E-state index contributed by atoms with van der Waals surface area (Å²) in [6.07, 6.45) is 20.4. The normalized spacial score (nSPS) is 19.0. The van der Waals surface area contributed by atoms with Crippen LogP contribution in [0.4, 0.5) is 0 Å². The van der Waals surface area contributed by atoms with Gasteiger partial charge in [0.25, 0.3) is 0 Å². The van der Waals surface area contributed by atoms with E-state index in [0.717, 1.165) is 11.3 Å². The zero-order valence-electron chi connectivity index (χ0n) is 15.2. The first kappa shape index (κ1) is 33.8. The van der Waals surface area contributed by atoms with Gasteiger partial charge in [-0.05, 0) is 55.2 Å². The second-order valence-corrected chi connectivity index (χ2v) is 9.30. The molecule has 0 atom stereocenters. The molecule has 2 fully saturated rings. The van der Waals surface area contributed by atoms with E-state index in [-0.39, 0.29) is 83.8 Å². The van der Waals surface area contributed by atoms with Crippen molar-refractivity contribution in [2.24, 2.45) is 0 Å². The molecule has 6 heteroatoms. The number of halogens is 4. The van der Waals surface area contributed by atoms with E-state index in [4.69, 9.17) is 0 Å². The van der Waals surface area contributed by atoms with Crippen LogP contribution in [0.15, 0.2) is 11.4 Å². The SMILES string of the molecule is CCC=C(CC)P(C1CCCCC1)C1CCCCC1.[Cl-].[Cl-].[Cl-].[Cl-].[Zr+4]. The van der Waals surface area contributed by atoms with Gasteiger partial charge in [-0.3, -0.25) is 0 Å². The van der Waals surface area contributed by atoms with Gasteiger partial charge in [-0.2, -0.15) is 0 Å². The van der Waals surface area contributed by atoms with Gasteiger partial charge in [-0.15, -0.1) is 0 Å². The predicted molar refractivity (Wildman–Crippen MR) is 89.3 cm³/mol. The van der Waals surface area contributed by atoms with Crippen molar-refractivity contribution in [2.45, 2.75) is 102 Å². The largest absolute Gasteiger partial charge is 4.00 e. The summed E-state index contributed by atoms with van der Waals surface area (Å²) in [4.78, 5) is 0. The number of hydrogen-bond acceptors (Lipinski definition) is 0. The molecule has 0 aromatic heterocycles. The predicted octanol–water partition coefficient (Wildman–Crippen LogP) is -5.15. The Bertz CT molecular complexity index is 273. The molecule has 0 heterocycles. The molecule has 0 unspecified atom stereocenters. The third-order valence-electron chi connectivity index (χ3n) is 5.07. The summed E-state index contributed by atoms with van der Waals surface area (Å²) in [5, 5.41) is 1.89. The van der Waals surface area contributed by atoms with Crippen LogP contribution in [0.1, 0.15) is 90.9 Å². The van der Waals surface area contributed by atoms with Crippen LogP contribution in [0.5, 0.6) is 0 Å². The van der Waals surface area contributed by atoms with Gasteiger partial charge in [0.1, 0.15) is 0 Å². The van der Waals surface area contributed by atoms with Crippen molar-refractivity contribution < 1.29 is 75.8 Å². The van der Waals surface area contributed by atoms with Crippen LogP contribution >= 0.6 is 7.92 Å². The molecule has 2 rings (SSSR count). The first-order valence-corrected chi connectivity index (χ1v) is 10.3. The van der Waals surface area contributed by atoms with E-state index in [2.05, 4.69) is 19.9 Å². The quantitative estimate of drug-likeness (QED) is 0.323. The molecule has 0 N–H and O–H groups in total. The van der Waals surface area contributed by atoms with Gasteiger partial charge in [0.05, 0.1) is 0 Å². The monoisotopic (exact) mass is 510 g/mol. The van der Waals surface area contributed by atoms with Gasteiger partial charge in [0.2, 0.25) is 0 Å². The van der Waals surface area contributed by atoms with E-state index in [1.54, 1.807) is 25.7 Å². The molecule has 0 radical (unpaired) electrons. The van der Waals surface area contributed by atoms with E-state index in [1.807, 2.05) is 5.31 Å². The van der Waals surface area contributed by atoms with Crippen LogP contribution in [0.2, 0.25) is 0 Å². The summed E-state index contributed by atoms with van der Waals surface area (Å²) in [5.41, 5.74) is 2.18. The summed E-state index contributed by atoms with van der Waals surface area (Å²) in [6, 6.07) is 0. The molecular formula is C18H33Cl4PZr. The average Bonchev–Trinajstić information content (AvgIpc) is 2.49. The molecule has 2 saturated carbocycles. The van der Waals surface area contributed by atoms with Crippen molar-refractivity contribution >= 4 is 7.92 Å². The minimum absolute atomic E-state index is 0. The van der Waals surface area contributed by atoms with Crippen molar-refractivity contribution in [3.63, 3.8) is 0 Å². The fourth-order valence-corrected chi connectivity index (χ4v) is 8.29. The van der Waals surface area contributed by atoms with Gasteiger partial charge in [-0.25, -0.2) is 0 Å². The average molecular weight is 513 g/mol. The van der Waals surface area contributed by atoms with E-state index < -0.39 is 0 Å². The van der Waals surface area contributed by atoms with Crippen LogP contribution in [-0.4, -0.2) is 11.3 Å². The van der Waals surface area contributed by atoms with Crippen LogP contribution in [-0.2, 0) is 26.2 Å². The van der Waals surface area contributed by atoms with Crippen molar-refractivity contribution in [3.8, 4) is 0 Å². The Morgan fingerprint density at radius 1 is 0.750 bits per heavy atom. The molecular weight excluding hydrogens is 480 g/mol. The third kappa shape index (κ3) is 10.5. The summed E-state index contributed by atoms with van der Waals surface area (Å²) >= 11 is 0. The van der Waals surface area contributed by atoms with Crippen LogP contribution in [0.25, 0.3) is 0 Å². The summed E-state index contributed by atoms with van der Waals surface area (Å²) < 4.78 is 0. The van der Waals surface area contributed by atoms with Gasteiger partial charge < -0.3 is 49.6 Å². The summed E-state index contributed by atoms with van der Waals surface area (Å²) in [5.74, 6) is 0. The summed E-state index contributed by atoms with van der Waals surface area (Å²) in [7, 11) is 0.195. The van der Waals surface area contributed by atoms with Crippen molar-refractivity contribution in [3.05, 3.63) is 11.4 Å². The maximum Gasteiger partial charge on any atom is 4.00 e. The second kappa shape index (κ2) is 20.0. The minimum Gasteiger partial charge on any atom is -1.00 e. The van der Waals surface area contributed by atoms with Gasteiger partial charge in [-0.1, -0.05) is 66.4 Å². The maximum absolute atomic E-state index is 2.61. The molecule has 0 saturated heterocycles. The first-order valence-electron chi connectivity index (χ1n) is 8.84. The van der Waals surface area contributed by atoms with Crippen molar-refractivity contribution in [1.82, 2.24) is 0 Å². The smallest absolute Gasteiger partial charge is 1.00 e. The third-order valence-corrected chi connectivity index (χ3v) is 8.84. The topological polar surface area (TPSA) is 0 Å². The zero-order chi connectivity index (χ0) is 13.5. The van der Waals surface area contributed by atoms with E-state index in [1.165, 1.54) is 51.4 Å². The number of rotatable bonds is 5. The fraction of sp³-hybridized carbons (Fsp3) is 0.889. The molecule has 0 aliphatic heterocycles. The molecule has 0 spiro atoms. The molecule has 0 aromatic rings. The molecule has 142 valence electrons.